The van der Waals surface area contributed by atoms with Gasteiger partial charge in [-0.2, -0.15) is 0 Å². The van der Waals surface area contributed by atoms with Crippen molar-refractivity contribution in [2.75, 3.05) is 4.72 Å². The van der Waals surface area contributed by atoms with E-state index in [0.717, 1.165) is 15.8 Å². The highest BCUT2D eigenvalue weighted by Crippen LogP contribution is 2.28. The lowest BCUT2D eigenvalue weighted by Crippen LogP contribution is -2.15. The van der Waals surface area contributed by atoms with Crippen molar-refractivity contribution >= 4 is 38.3 Å². The summed E-state index contributed by atoms with van der Waals surface area (Å²) in [5.74, 6) is -0.663. The van der Waals surface area contributed by atoms with Gasteiger partial charge in [0, 0.05) is 4.88 Å². The molecule has 0 aliphatic rings. The number of nitrogens with two attached hydrogens (primary N) is 1. The van der Waals surface area contributed by atoms with Crippen LogP contribution in [0, 0.1) is 6.92 Å². The van der Waals surface area contributed by atoms with E-state index in [1.807, 2.05) is 18.2 Å². The van der Waals surface area contributed by atoms with Crippen LogP contribution >= 0.6 is 11.3 Å². The average molecular weight is 322 g/mol. The van der Waals surface area contributed by atoms with Crippen molar-refractivity contribution in [3.8, 4) is 0 Å². The van der Waals surface area contributed by atoms with Gasteiger partial charge in [-0.3, -0.25) is 9.52 Å². The summed E-state index contributed by atoms with van der Waals surface area (Å²) in [6, 6.07) is 10.6. The Labute approximate surface area is 127 Å². The first-order valence-electron chi connectivity index (χ1n) is 6.03. The summed E-state index contributed by atoms with van der Waals surface area (Å²) in [4.78, 5) is 12.1. The van der Waals surface area contributed by atoms with Crippen LogP contribution in [0.15, 0.2) is 41.8 Å². The second-order valence-corrected chi connectivity index (χ2v) is 7.15. The summed E-state index contributed by atoms with van der Waals surface area (Å²) in [7, 11) is -3.70. The highest BCUT2D eigenvalue weighted by atomic mass is 32.2. The molecule has 5 nitrogen and oxygen atoms in total. The van der Waals surface area contributed by atoms with Crippen LogP contribution in [0.5, 0.6) is 0 Å². The molecule has 0 fully saturated rings. The third-order valence-electron chi connectivity index (χ3n) is 2.59. The Bertz CT molecular complexity index is 778. The molecule has 0 spiro atoms. The first-order valence-corrected chi connectivity index (χ1v) is 8.40. The number of primary amides is 1. The second-order valence-electron chi connectivity index (χ2n) is 4.32. The number of amides is 1. The number of rotatable bonds is 5. The van der Waals surface area contributed by atoms with E-state index in [1.54, 1.807) is 25.1 Å². The molecule has 0 saturated heterocycles. The van der Waals surface area contributed by atoms with Crippen molar-refractivity contribution in [2.45, 2.75) is 6.92 Å². The fourth-order valence-electron chi connectivity index (χ4n) is 1.67. The predicted octanol–water partition coefficient (Wildman–Crippen LogP) is 2.57. The Morgan fingerprint density at radius 3 is 2.57 bits per heavy atom. The van der Waals surface area contributed by atoms with Crippen molar-refractivity contribution in [2.24, 2.45) is 5.73 Å². The molecule has 1 amide bonds. The van der Waals surface area contributed by atoms with Gasteiger partial charge in [0.2, 0.25) is 0 Å². The Balaban J connectivity index is 2.22. The average Bonchev–Trinajstić information content (AvgIpc) is 2.78. The monoisotopic (exact) mass is 322 g/mol. The van der Waals surface area contributed by atoms with Gasteiger partial charge in [-0.15, -0.1) is 11.3 Å². The van der Waals surface area contributed by atoms with E-state index in [4.69, 9.17) is 5.73 Å². The molecule has 1 heterocycles. The molecule has 0 aliphatic carbocycles. The van der Waals surface area contributed by atoms with E-state index in [9.17, 15) is 13.2 Å². The normalized spacial score (nSPS) is 11.7. The zero-order valence-electron chi connectivity index (χ0n) is 11.2. The van der Waals surface area contributed by atoms with E-state index in [1.165, 1.54) is 17.4 Å². The Kier molecular flexibility index (Phi) is 4.44. The van der Waals surface area contributed by atoms with Crippen LogP contribution in [0.1, 0.15) is 20.8 Å². The van der Waals surface area contributed by atoms with Crippen LogP contribution in [-0.2, 0) is 10.0 Å². The number of anilines is 1. The molecule has 0 bridgehead atoms. The van der Waals surface area contributed by atoms with Gasteiger partial charge in [-0.05, 0) is 24.6 Å². The fraction of sp³-hybridized carbons (Fsp3) is 0.0714. The molecule has 2 aromatic rings. The topological polar surface area (TPSA) is 89.3 Å². The standard InChI is InChI=1S/C14H14N2O3S2/c1-10-9-12(13(15)17)14(20-10)16-21(18,19)8-7-11-5-3-2-4-6-11/h2-9,16H,1H3,(H2,15,17)/b8-7+. The minimum absolute atomic E-state index is 0.175. The smallest absolute Gasteiger partial charge is 0.255 e. The van der Waals surface area contributed by atoms with Gasteiger partial charge in [-0.1, -0.05) is 30.3 Å². The summed E-state index contributed by atoms with van der Waals surface area (Å²) in [6.07, 6.45) is 1.48. The minimum Gasteiger partial charge on any atom is -0.366 e. The lowest BCUT2D eigenvalue weighted by Gasteiger charge is -2.03. The molecule has 0 aliphatic heterocycles. The summed E-state index contributed by atoms with van der Waals surface area (Å²) in [5, 5.41) is 1.29. The number of benzene rings is 1. The molecule has 3 N–H and O–H groups in total. The molecule has 0 atom stereocenters. The SMILES string of the molecule is Cc1cc(C(N)=O)c(NS(=O)(=O)/C=C/c2ccccc2)s1. The zero-order valence-corrected chi connectivity index (χ0v) is 12.9. The van der Waals surface area contributed by atoms with E-state index >= 15 is 0 Å². The molecule has 21 heavy (non-hydrogen) atoms. The third-order valence-corrected chi connectivity index (χ3v) is 4.67. The number of nitrogens with one attached hydrogen (secondary N) is 1. The maximum absolute atomic E-state index is 12.0. The maximum atomic E-state index is 12.0. The van der Waals surface area contributed by atoms with Gasteiger partial charge in [-0.25, -0.2) is 8.42 Å². The van der Waals surface area contributed by atoms with Gasteiger partial charge >= 0.3 is 0 Å². The van der Waals surface area contributed by atoms with Crippen molar-refractivity contribution in [1.29, 1.82) is 0 Å². The Hall–Kier alpha value is -2.12. The number of carbonyl (C=O) groups excluding carboxylic acids is 1. The van der Waals surface area contributed by atoms with Crippen LogP contribution in [0.25, 0.3) is 6.08 Å². The van der Waals surface area contributed by atoms with Crippen molar-refractivity contribution in [3.63, 3.8) is 0 Å². The van der Waals surface area contributed by atoms with Crippen LogP contribution in [0.2, 0.25) is 0 Å². The zero-order chi connectivity index (χ0) is 15.5. The Morgan fingerprint density at radius 2 is 1.95 bits per heavy atom. The molecule has 0 saturated carbocycles. The van der Waals surface area contributed by atoms with E-state index < -0.39 is 15.9 Å². The summed E-state index contributed by atoms with van der Waals surface area (Å²) in [6.45, 7) is 1.77. The second kappa shape index (κ2) is 6.11. The van der Waals surface area contributed by atoms with Crippen molar-refractivity contribution in [1.82, 2.24) is 0 Å². The number of sulfonamides is 1. The molecular formula is C14H14N2O3S2. The molecule has 2 rings (SSSR count). The molecule has 0 unspecified atom stereocenters. The number of hydrogen-bond donors (Lipinski definition) is 2. The highest BCUT2D eigenvalue weighted by molar-refractivity contribution is 7.95. The van der Waals surface area contributed by atoms with Crippen LogP contribution in [0.3, 0.4) is 0 Å². The highest BCUT2D eigenvalue weighted by Gasteiger charge is 2.16. The molecular weight excluding hydrogens is 308 g/mol. The minimum atomic E-state index is -3.70. The van der Waals surface area contributed by atoms with Gasteiger partial charge in [0.05, 0.1) is 11.0 Å². The first-order chi connectivity index (χ1) is 9.87. The van der Waals surface area contributed by atoms with Crippen LogP contribution < -0.4 is 10.5 Å². The first kappa shape index (κ1) is 15.3. The van der Waals surface area contributed by atoms with Crippen LogP contribution in [0.4, 0.5) is 5.00 Å². The molecule has 110 valence electrons. The van der Waals surface area contributed by atoms with E-state index in [0.29, 0.717) is 0 Å². The van der Waals surface area contributed by atoms with E-state index in [-0.39, 0.29) is 10.6 Å². The Morgan fingerprint density at radius 1 is 1.29 bits per heavy atom. The lowest BCUT2D eigenvalue weighted by molar-refractivity contribution is 0.100. The van der Waals surface area contributed by atoms with Gasteiger partial charge < -0.3 is 5.73 Å². The number of aryl methyl sites for hydroxylation is 1. The van der Waals surface area contributed by atoms with E-state index in [2.05, 4.69) is 4.72 Å². The lowest BCUT2D eigenvalue weighted by atomic mass is 10.2. The quantitative estimate of drug-likeness (QED) is 0.886. The van der Waals surface area contributed by atoms with Gasteiger partial charge in [0.25, 0.3) is 15.9 Å². The molecule has 0 radical (unpaired) electrons. The summed E-state index contributed by atoms with van der Waals surface area (Å²) in [5.41, 5.74) is 6.17. The fourth-order valence-corrected chi connectivity index (χ4v) is 3.72. The third kappa shape index (κ3) is 4.17. The summed E-state index contributed by atoms with van der Waals surface area (Å²) >= 11 is 1.17. The number of thiophene rings is 1. The number of carbonyl (C=O) groups is 1. The van der Waals surface area contributed by atoms with Crippen molar-refractivity contribution < 1.29 is 13.2 Å². The maximum Gasteiger partial charge on any atom is 0.255 e. The summed E-state index contributed by atoms with van der Waals surface area (Å²) < 4.78 is 26.4. The molecule has 7 heteroatoms. The molecule has 1 aromatic carbocycles. The predicted molar refractivity (Wildman–Crippen MR) is 85.6 cm³/mol. The number of hydrogen-bond acceptors (Lipinski definition) is 4. The van der Waals surface area contributed by atoms with Gasteiger partial charge in [0.15, 0.2) is 0 Å². The van der Waals surface area contributed by atoms with Crippen LogP contribution in [-0.4, -0.2) is 14.3 Å². The largest absolute Gasteiger partial charge is 0.366 e. The van der Waals surface area contributed by atoms with Crippen molar-refractivity contribution in [3.05, 3.63) is 57.8 Å². The molecule has 1 aromatic heterocycles. The van der Waals surface area contributed by atoms with Gasteiger partial charge in [0.1, 0.15) is 5.00 Å².